The van der Waals surface area contributed by atoms with Crippen molar-refractivity contribution in [2.45, 2.75) is 39.8 Å². The third-order valence-electron chi connectivity index (χ3n) is 3.49. The Bertz CT molecular complexity index is 626. The molecule has 0 spiro atoms. The maximum atomic E-state index is 12.4. The SMILES string of the molecule is CCc1nc(CN(C)C(=O)N[C@H](c2ccccn2)C(C)C)no1. The van der Waals surface area contributed by atoms with Crippen LogP contribution in [-0.2, 0) is 13.0 Å². The molecule has 0 saturated heterocycles. The molecule has 0 aliphatic heterocycles. The lowest BCUT2D eigenvalue weighted by Crippen LogP contribution is -2.41. The number of aryl methyl sites for hydroxylation is 1. The molecular weight excluding hydrogens is 294 g/mol. The predicted octanol–water partition coefficient (Wildman–Crippen LogP) is 2.57. The summed E-state index contributed by atoms with van der Waals surface area (Å²) in [7, 11) is 1.70. The average Bonchev–Trinajstić information content (AvgIpc) is 3.00. The number of amides is 2. The first-order chi connectivity index (χ1) is 11.0. The van der Waals surface area contributed by atoms with Crippen molar-refractivity contribution < 1.29 is 9.32 Å². The summed E-state index contributed by atoms with van der Waals surface area (Å²) in [5, 5.41) is 6.87. The topological polar surface area (TPSA) is 84.2 Å². The van der Waals surface area contributed by atoms with Gasteiger partial charge in [-0.15, -0.1) is 0 Å². The minimum Gasteiger partial charge on any atom is -0.339 e. The van der Waals surface area contributed by atoms with Crippen molar-refractivity contribution in [3.8, 4) is 0 Å². The summed E-state index contributed by atoms with van der Waals surface area (Å²) in [6.45, 7) is 6.33. The summed E-state index contributed by atoms with van der Waals surface area (Å²) in [6, 6.07) is 5.34. The van der Waals surface area contributed by atoms with Gasteiger partial charge in [0.05, 0.1) is 18.3 Å². The van der Waals surface area contributed by atoms with E-state index in [1.807, 2.05) is 39.0 Å². The zero-order valence-electron chi connectivity index (χ0n) is 14.0. The molecule has 1 N–H and O–H groups in total. The van der Waals surface area contributed by atoms with Crippen LogP contribution < -0.4 is 5.32 Å². The molecular formula is C16H23N5O2. The lowest BCUT2D eigenvalue weighted by molar-refractivity contribution is 0.196. The number of urea groups is 1. The van der Waals surface area contributed by atoms with E-state index in [2.05, 4.69) is 20.4 Å². The average molecular weight is 317 g/mol. The Hall–Kier alpha value is -2.44. The number of hydrogen-bond donors (Lipinski definition) is 1. The molecule has 1 atom stereocenters. The maximum absolute atomic E-state index is 12.4. The molecule has 2 amide bonds. The van der Waals surface area contributed by atoms with Crippen LogP contribution in [0, 0.1) is 5.92 Å². The van der Waals surface area contributed by atoms with E-state index in [-0.39, 0.29) is 18.0 Å². The number of nitrogens with zero attached hydrogens (tertiary/aromatic N) is 4. The largest absolute Gasteiger partial charge is 0.339 e. The Balaban J connectivity index is 2.00. The molecule has 0 radical (unpaired) electrons. The van der Waals surface area contributed by atoms with Crippen molar-refractivity contribution >= 4 is 6.03 Å². The first-order valence-corrected chi connectivity index (χ1v) is 7.75. The Morgan fingerprint density at radius 1 is 1.39 bits per heavy atom. The van der Waals surface area contributed by atoms with E-state index in [0.29, 0.717) is 24.7 Å². The third kappa shape index (κ3) is 4.51. The summed E-state index contributed by atoms with van der Waals surface area (Å²) in [5.74, 6) is 1.29. The van der Waals surface area contributed by atoms with Crippen molar-refractivity contribution in [1.29, 1.82) is 0 Å². The minimum atomic E-state index is -0.197. The highest BCUT2D eigenvalue weighted by Gasteiger charge is 2.22. The van der Waals surface area contributed by atoms with Crippen LogP contribution in [0.2, 0.25) is 0 Å². The highest BCUT2D eigenvalue weighted by Crippen LogP contribution is 2.19. The summed E-state index contributed by atoms with van der Waals surface area (Å²) < 4.78 is 5.05. The second-order valence-electron chi connectivity index (χ2n) is 5.74. The maximum Gasteiger partial charge on any atom is 0.318 e. The molecule has 7 heteroatoms. The number of aromatic nitrogens is 3. The minimum absolute atomic E-state index is 0.150. The first-order valence-electron chi connectivity index (χ1n) is 7.75. The third-order valence-corrected chi connectivity index (χ3v) is 3.49. The fourth-order valence-corrected chi connectivity index (χ4v) is 2.17. The number of nitrogens with one attached hydrogen (secondary N) is 1. The molecule has 124 valence electrons. The lowest BCUT2D eigenvalue weighted by Gasteiger charge is -2.25. The quantitative estimate of drug-likeness (QED) is 0.885. The Kier molecular flexibility index (Phi) is 5.67. The van der Waals surface area contributed by atoms with Crippen LogP contribution in [-0.4, -0.2) is 33.1 Å². The molecule has 2 aromatic rings. The summed E-state index contributed by atoms with van der Waals surface area (Å²) in [4.78, 5) is 22.5. The molecule has 0 aliphatic rings. The second-order valence-corrected chi connectivity index (χ2v) is 5.74. The standard InChI is InChI=1S/C16H23N5O2/c1-5-14-18-13(20-23-14)10-21(4)16(22)19-15(11(2)3)12-8-6-7-9-17-12/h6-9,11,15H,5,10H2,1-4H3,(H,19,22)/t15-/m0/s1. The normalized spacial score (nSPS) is 12.2. The van der Waals surface area contributed by atoms with E-state index in [0.717, 1.165) is 5.69 Å². The summed E-state index contributed by atoms with van der Waals surface area (Å²) >= 11 is 0. The zero-order valence-corrected chi connectivity index (χ0v) is 14.0. The van der Waals surface area contributed by atoms with Crippen molar-refractivity contribution in [1.82, 2.24) is 25.3 Å². The molecule has 2 heterocycles. The van der Waals surface area contributed by atoms with E-state index < -0.39 is 0 Å². The molecule has 7 nitrogen and oxygen atoms in total. The van der Waals surface area contributed by atoms with E-state index in [9.17, 15) is 4.79 Å². The van der Waals surface area contributed by atoms with Crippen LogP contribution in [0.5, 0.6) is 0 Å². The van der Waals surface area contributed by atoms with Crippen LogP contribution >= 0.6 is 0 Å². The first kappa shape index (κ1) is 16.9. The van der Waals surface area contributed by atoms with Crippen LogP contribution in [0.15, 0.2) is 28.9 Å². The fourth-order valence-electron chi connectivity index (χ4n) is 2.17. The van der Waals surface area contributed by atoms with Gasteiger partial charge in [-0.05, 0) is 18.1 Å². The Labute approximate surface area is 136 Å². The van der Waals surface area contributed by atoms with Gasteiger partial charge in [0.1, 0.15) is 0 Å². The summed E-state index contributed by atoms with van der Waals surface area (Å²) in [5.41, 5.74) is 0.845. The van der Waals surface area contributed by atoms with Gasteiger partial charge in [0.25, 0.3) is 0 Å². The zero-order chi connectivity index (χ0) is 16.8. The highest BCUT2D eigenvalue weighted by molar-refractivity contribution is 5.74. The van der Waals surface area contributed by atoms with E-state index in [1.165, 1.54) is 4.90 Å². The molecule has 0 bridgehead atoms. The fraction of sp³-hybridized carbons (Fsp3) is 0.500. The Morgan fingerprint density at radius 2 is 2.17 bits per heavy atom. The number of carbonyl (C=O) groups excluding carboxylic acids is 1. The van der Waals surface area contributed by atoms with Crippen molar-refractivity contribution in [3.63, 3.8) is 0 Å². The molecule has 0 saturated carbocycles. The van der Waals surface area contributed by atoms with Gasteiger partial charge < -0.3 is 14.7 Å². The smallest absolute Gasteiger partial charge is 0.318 e. The molecule has 23 heavy (non-hydrogen) atoms. The van der Waals surface area contributed by atoms with Gasteiger partial charge in [-0.3, -0.25) is 4.98 Å². The van der Waals surface area contributed by atoms with Crippen molar-refractivity contribution in [2.24, 2.45) is 5.92 Å². The Morgan fingerprint density at radius 3 is 2.74 bits per heavy atom. The van der Waals surface area contributed by atoms with Gasteiger partial charge in [-0.25, -0.2) is 4.79 Å². The van der Waals surface area contributed by atoms with Gasteiger partial charge in [0.2, 0.25) is 5.89 Å². The monoisotopic (exact) mass is 317 g/mol. The van der Waals surface area contributed by atoms with E-state index >= 15 is 0 Å². The van der Waals surface area contributed by atoms with Crippen LogP contribution in [0.1, 0.15) is 44.2 Å². The number of carbonyl (C=O) groups is 1. The predicted molar refractivity (Wildman–Crippen MR) is 85.5 cm³/mol. The molecule has 0 aromatic carbocycles. The molecule has 2 rings (SSSR count). The number of pyridine rings is 1. The molecule has 0 aliphatic carbocycles. The molecule has 2 aromatic heterocycles. The lowest BCUT2D eigenvalue weighted by atomic mass is 10.0. The van der Waals surface area contributed by atoms with Crippen LogP contribution in [0.3, 0.4) is 0 Å². The second kappa shape index (κ2) is 7.71. The van der Waals surface area contributed by atoms with Gasteiger partial charge in [0.15, 0.2) is 5.82 Å². The molecule has 0 fully saturated rings. The van der Waals surface area contributed by atoms with E-state index in [4.69, 9.17) is 4.52 Å². The van der Waals surface area contributed by atoms with Gasteiger partial charge in [-0.2, -0.15) is 4.98 Å². The van der Waals surface area contributed by atoms with Crippen molar-refractivity contribution in [2.75, 3.05) is 7.05 Å². The van der Waals surface area contributed by atoms with Gasteiger partial charge in [-0.1, -0.05) is 32.0 Å². The van der Waals surface area contributed by atoms with Crippen LogP contribution in [0.4, 0.5) is 4.79 Å². The molecule has 0 unspecified atom stereocenters. The highest BCUT2D eigenvalue weighted by atomic mass is 16.5. The number of rotatable bonds is 6. The van der Waals surface area contributed by atoms with Gasteiger partial charge in [0, 0.05) is 19.7 Å². The number of hydrogen-bond acceptors (Lipinski definition) is 5. The summed E-state index contributed by atoms with van der Waals surface area (Å²) in [6.07, 6.45) is 2.41. The van der Waals surface area contributed by atoms with Crippen LogP contribution in [0.25, 0.3) is 0 Å². The van der Waals surface area contributed by atoms with E-state index in [1.54, 1.807) is 13.2 Å². The van der Waals surface area contributed by atoms with Crippen molar-refractivity contribution in [3.05, 3.63) is 41.8 Å². The van der Waals surface area contributed by atoms with Gasteiger partial charge >= 0.3 is 6.03 Å².